The third-order valence-corrected chi connectivity index (χ3v) is 1.35. The minimum absolute atomic E-state index is 1.27. The van der Waals surface area contributed by atoms with Gasteiger partial charge >= 0.3 is 0 Å². The quantitative estimate of drug-likeness (QED) is 0.506. The van der Waals surface area contributed by atoms with Crippen LogP contribution in [0.1, 0.15) is 5.56 Å². The highest BCUT2D eigenvalue weighted by Crippen LogP contribution is 1.98. The zero-order valence-electron chi connectivity index (χ0n) is 5.25. The van der Waals surface area contributed by atoms with Crippen LogP contribution in [0.3, 0.4) is 0 Å². The third kappa shape index (κ3) is 1.86. The van der Waals surface area contributed by atoms with Crippen molar-refractivity contribution >= 4 is 16.3 Å². The monoisotopic (exact) mass is 133 g/mol. The number of rotatable bonds is 1. The molecule has 0 amide bonds. The van der Waals surface area contributed by atoms with E-state index in [9.17, 15) is 0 Å². The van der Waals surface area contributed by atoms with Gasteiger partial charge in [0.2, 0.25) is 0 Å². The zero-order chi connectivity index (χ0) is 6.53. The molecule has 1 aromatic rings. The van der Waals surface area contributed by atoms with Gasteiger partial charge in [-0.15, -0.1) is 5.70 Å². The Morgan fingerprint density at radius 2 is 1.78 bits per heavy atom. The van der Waals surface area contributed by atoms with Gasteiger partial charge in [0, 0.05) is 10.2 Å². The normalized spacial score (nSPS) is 10.3. The maximum Gasteiger partial charge on any atom is 0.0378 e. The molecule has 0 aliphatic heterocycles. The van der Waals surface area contributed by atoms with Gasteiger partial charge in [-0.05, 0) is 5.56 Å². The van der Waals surface area contributed by atoms with Crippen molar-refractivity contribution in [2.75, 3.05) is 0 Å². The Morgan fingerprint density at radius 3 is 2.33 bits per heavy atom. The Kier molecular flexibility index (Phi) is 2.28. The van der Waals surface area contributed by atoms with E-state index in [0.29, 0.717) is 0 Å². The molecular formula is C8H9Si. The van der Waals surface area contributed by atoms with Crippen molar-refractivity contribution in [2.24, 2.45) is 0 Å². The molecule has 0 atom stereocenters. The average molecular weight is 133 g/mol. The number of hydrogen-bond acceptors (Lipinski definition) is 0. The van der Waals surface area contributed by atoms with Gasteiger partial charge in [-0.1, -0.05) is 36.4 Å². The van der Waals surface area contributed by atoms with Gasteiger partial charge in [0.1, 0.15) is 0 Å². The average Bonchev–Trinajstić information content (AvgIpc) is 1.91. The minimum Gasteiger partial charge on any atom is -0.104 e. The number of benzene rings is 1. The fraction of sp³-hybridized carbons (Fsp3) is 0. The molecule has 45 valence electrons. The Bertz CT molecular complexity index is 189. The highest BCUT2D eigenvalue weighted by Gasteiger charge is 1.77. The lowest BCUT2D eigenvalue weighted by molar-refractivity contribution is 1.66. The topological polar surface area (TPSA) is 0 Å². The van der Waals surface area contributed by atoms with Gasteiger partial charge in [0.05, 0.1) is 0 Å². The molecule has 0 heterocycles. The van der Waals surface area contributed by atoms with Crippen molar-refractivity contribution in [1.82, 2.24) is 0 Å². The van der Waals surface area contributed by atoms with Crippen LogP contribution >= 0.6 is 0 Å². The molecular weight excluding hydrogens is 124 g/mol. The molecule has 0 aliphatic carbocycles. The maximum absolute atomic E-state index is 2.10. The van der Waals surface area contributed by atoms with Crippen LogP contribution in [0.15, 0.2) is 36.0 Å². The van der Waals surface area contributed by atoms with Gasteiger partial charge in [0.25, 0.3) is 0 Å². The molecule has 1 rings (SSSR count). The van der Waals surface area contributed by atoms with Crippen LogP contribution in [0.5, 0.6) is 0 Å². The van der Waals surface area contributed by atoms with E-state index in [4.69, 9.17) is 0 Å². The van der Waals surface area contributed by atoms with Crippen LogP contribution in [0.2, 0.25) is 0 Å². The van der Waals surface area contributed by atoms with Crippen molar-refractivity contribution < 1.29 is 0 Å². The smallest absolute Gasteiger partial charge is 0.0378 e. The van der Waals surface area contributed by atoms with Crippen molar-refractivity contribution in [3.8, 4) is 0 Å². The highest BCUT2D eigenvalue weighted by atomic mass is 28.1. The van der Waals surface area contributed by atoms with Crippen molar-refractivity contribution in [3.63, 3.8) is 0 Å². The Balaban J connectivity index is 2.85. The molecule has 0 unspecified atom stereocenters. The van der Waals surface area contributed by atoms with Crippen LogP contribution < -0.4 is 0 Å². The van der Waals surface area contributed by atoms with Gasteiger partial charge in [-0.25, -0.2) is 0 Å². The van der Waals surface area contributed by atoms with E-state index in [2.05, 4.69) is 23.9 Å². The standard InChI is InChI=1S/C8H9Si/c9-7-6-8-4-2-1-3-5-8/h1-7H,9H2/b7-6+. The molecule has 0 saturated carbocycles. The first kappa shape index (κ1) is 6.30. The second-order valence-electron chi connectivity index (χ2n) is 1.81. The van der Waals surface area contributed by atoms with Crippen LogP contribution in [-0.4, -0.2) is 10.2 Å². The van der Waals surface area contributed by atoms with Crippen molar-refractivity contribution in [2.45, 2.75) is 0 Å². The number of hydrogen-bond donors (Lipinski definition) is 0. The van der Waals surface area contributed by atoms with E-state index < -0.39 is 0 Å². The van der Waals surface area contributed by atoms with Gasteiger partial charge in [-0.3, -0.25) is 0 Å². The first-order valence-electron chi connectivity index (χ1n) is 2.94. The summed E-state index contributed by atoms with van der Waals surface area (Å²) in [5.41, 5.74) is 3.34. The van der Waals surface area contributed by atoms with Gasteiger partial charge in [-0.2, -0.15) is 0 Å². The predicted molar refractivity (Wildman–Crippen MR) is 44.0 cm³/mol. The molecule has 0 bridgehead atoms. The summed E-state index contributed by atoms with van der Waals surface area (Å²) in [6.07, 6.45) is 2.10. The molecule has 1 aromatic carbocycles. The summed E-state index contributed by atoms with van der Waals surface area (Å²) in [6, 6.07) is 10.3. The van der Waals surface area contributed by atoms with Crippen LogP contribution in [0, 0.1) is 0 Å². The second kappa shape index (κ2) is 3.25. The Labute approximate surface area is 58.6 Å². The molecule has 0 aliphatic rings. The summed E-state index contributed by atoms with van der Waals surface area (Å²) < 4.78 is 0. The van der Waals surface area contributed by atoms with Crippen LogP contribution in [0.25, 0.3) is 6.08 Å². The molecule has 1 heteroatoms. The summed E-state index contributed by atoms with van der Waals surface area (Å²) in [7, 11) is 1.85. The largest absolute Gasteiger partial charge is 0.104 e. The summed E-state index contributed by atoms with van der Waals surface area (Å²) >= 11 is 0. The van der Waals surface area contributed by atoms with Gasteiger partial charge < -0.3 is 0 Å². The molecule has 0 spiro atoms. The highest BCUT2D eigenvalue weighted by molar-refractivity contribution is 6.19. The van der Waals surface area contributed by atoms with E-state index in [0.717, 1.165) is 0 Å². The van der Waals surface area contributed by atoms with E-state index in [-0.39, 0.29) is 0 Å². The van der Waals surface area contributed by atoms with E-state index >= 15 is 0 Å². The molecule has 0 nitrogen and oxygen atoms in total. The molecule has 1 radical (unpaired) electrons. The predicted octanol–water partition coefficient (Wildman–Crippen LogP) is 1.29. The fourth-order valence-corrected chi connectivity index (χ4v) is 0.972. The lowest BCUT2D eigenvalue weighted by Gasteiger charge is -1.87. The second-order valence-corrected chi connectivity index (χ2v) is 2.28. The molecule has 0 N–H and O–H groups in total. The van der Waals surface area contributed by atoms with E-state index in [1.807, 2.05) is 28.4 Å². The Hall–Kier alpha value is -0.823. The van der Waals surface area contributed by atoms with Crippen molar-refractivity contribution in [3.05, 3.63) is 41.6 Å². The van der Waals surface area contributed by atoms with Gasteiger partial charge in [0.15, 0.2) is 0 Å². The molecule has 0 fully saturated rings. The lowest BCUT2D eigenvalue weighted by atomic mass is 10.2. The first-order valence-corrected chi connectivity index (χ1v) is 3.76. The van der Waals surface area contributed by atoms with Crippen molar-refractivity contribution in [1.29, 1.82) is 0 Å². The first-order chi connectivity index (χ1) is 4.43. The SMILES string of the molecule is [SiH2]/C=C/c1ccccc1. The molecule has 0 aromatic heterocycles. The van der Waals surface area contributed by atoms with E-state index in [1.165, 1.54) is 5.56 Å². The summed E-state index contributed by atoms with van der Waals surface area (Å²) in [6.45, 7) is 0. The molecule has 0 saturated heterocycles. The van der Waals surface area contributed by atoms with Crippen LogP contribution in [-0.2, 0) is 0 Å². The molecule has 9 heavy (non-hydrogen) atoms. The van der Waals surface area contributed by atoms with Crippen LogP contribution in [0.4, 0.5) is 0 Å². The summed E-state index contributed by atoms with van der Waals surface area (Å²) in [4.78, 5) is 0. The zero-order valence-corrected chi connectivity index (χ0v) is 6.66. The Morgan fingerprint density at radius 1 is 1.11 bits per heavy atom. The maximum atomic E-state index is 2.10. The summed E-state index contributed by atoms with van der Waals surface area (Å²) in [5, 5.41) is 0. The van der Waals surface area contributed by atoms with E-state index in [1.54, 1.807) is 0 Å². The minimum atomic E-state index is 1.27. The summed E-state index contributed by atoms with van der Waals surface area (Å²) in [5.74, 6) is 0. The lowest BCUT2D eigenvalue weighted by Crippen LogP contribution is -1.66. The third-order valence-electron chi connectivity index (χ3n) is 1.11. The fourth-order valence-electron chi connectivity index (χ4n) is 0.700.